The first-order valence-corrected chi connectivity index (χ1v) is 9.46. The first kappa shape index (κ1) is 18.7. The second-order valence-corrected chi connectivity index (χ2v) is 7.86. The molecule has 138 valence electrons. The Morgan fingerprint density at radius 1 is 1.20 bits per heavy atom. The zero-order chi connectivity index (χ0) is 16.6. The van der Waals surface area contributed by atoms with Crippen LogP contribution in [0.25, 0.3) is 0 Å². The van der Waals surface area contributed by atoms with Crippen molar-refractivity contribution < 1.29 is 9.18 Å². The standard InChI is InChI=1S/C20H27FN2O.ClH/c21-17-4-1-3-16(13-17)20(9-2-10-20)19(24)23-11-7-18(8-12-23)22-14-15-5-6-15;/h1,3-4,13,15,18,22H,2,5-12,14H2;1H. The molecule has 1 aromatic carbocycles. The molecule has 2 aliphatic carbocycles. The molecule has 1 saturated heterocycles. The maximum absolute atomic E-state index is 13.6. The Labute approximate surface area is 155 Å². The molecule has 3 fully saturated rings. The quantitative estimate of drug-likeness (QED) is 0.862. The minimum absolute atomic E-state index is 0. The van der Waals surface area contributed by atoms with Crippen molar-refractivity contribution in [3.63, 3.8) is 0 Å². The van der Waals surface area contributed by atoms with Gasteiger partial charge in [-0.15, -0.1) is 12.4 Å². The van der Waals surface area contributed by atoms with Gasteiger partial charge in [-0.3, -0.25) is 4.79 Å². The molecule has 0 spiro atoms. The minimum Gasteiger partial charge on any atom is -0.342 e. The predicted octanol–water partition coefficient (Wildman–Crippen LogP) is 3.66. The molecule has 3 nitrogen and oxygen atoms in total. The number of carbonyl (C=O) groups excluding carboxylic acids is 1. The second-order valence-electron chi connectivity index (χ2n) is 7.86. The Hall–Kier alpha value is -1.13. The number of halogens is 2. The van der Waals surface area contributed by atoms with Crippen molar-refractivity contribution in [2.75, 3.05) is 19.6 Å². The van der Waals surface area contributed by atoms with E-state index in [1.165, 1.54) is 18.9 Å². The topological polar surface area (TPSA) is 32.3 Å². The monoisotopic (exact) mass is 366 g/mol. The van der Waals surface area contributed by atoms with E-state index in [4.69, 9.17) is 0 Å². The first-order valence-electron chi connectivity index (χ1n) is 9.46. The van der Waals surface area contributed by atoms with E-state index < -0.39 is 5.41 Å². The maximum Gasteiger partial charge on any atom is 0.233 e. The summed E-state index contributed by atoms with van der Waals surface area (Å²) < 4.78 is 13.6. The first-order chi connectivity index (χ1) is 11.7. The van der Waals surface area contributed by atoms with Gasteiger partial charge in [-0.25, -0.2) is 4.39 Å². The van der Waals surface area contributed by atoms with Gasteiger partial charge in [0.15, 0.2) is 0 Å². The molecule has 1 N–H and O–H groups in total. The Morgan fingerprint density at radius 2 is 1.92 bits per heavy atom. The fourth-order valence-corrected chi connectivity index (χ4v) is 4.19. The molecule has 1 aliphatic heterocycles. The Morgan fingerprint density at radius 3 is 2.48 bits per heavy atom. The van der Waals surface area contributed by atoms with E-state index in [9.17, 15) is 9.18 Å². The van der Waals surface area contributed by atoms with Crippen molar-refractivity contribution in [3.05, 3.63) is 35.6 Å². The molecule has 0 unspecified atom stereocenters. The van der Waals surface area contributed by atoms with Gasteiger partial charge >= 0.3 is 0 Å². The smallest absolute Gasteiger partial charge is 0.233 e. The highest BCUT2D eigenvalue weighted by Crippen LogP contribution is 2.45. The lowest BCUT2D eigenvalue weighted by molar-refractivity contribution is -0.142. The molecule has 0 bridgehead atoms. The molecule has 25 heavy (non-hydrogen) atoms. The van der Waals surface area contributed by atoms with Crippen LogP contribution in [-0.4, -0.2) is 36.5 Å². The van der Waals surface area contributed by atoms with E-state index in [-0.39, 0.29) is 24.1 Å². The average Bonchev–Trinajstić information content (AvgIpc) is 3.37. The van der Waals surface area contributed by atoms with Crippen LogP contribution in [0.3, 0.4) is 0 Å². The number of piperidine rings is 1. The van der Waals surface area contributed by atoms with Crippen molar-refractivity contribution in [3.8, 4) is 0 Å². The molecule has 1 heterocycles. The number of hydrogen-bond donors (Lipinski definition) is 1. The number of nitrogens with zero attached hydrogens (tertiary/aromatic N) is 1. The number of benzene rings is 1. The largest absolute Gasteiger partial charge is 0.342 e. The highest BCUT2D eigenvalue weighted by molar-refractivity contribution is 5.89. The molecule has 0 atom stereocenters. The van der Waals surface area contributed by atoms with Crippen LogP contribution in [0, 0.1) is 11.7 Å². The number of amides is 1. The Bertz CT molecular complexity index is 607. The van der Waals surface area contributed by atoms with Crippen LogP contribution in [0.4, 0.5) is 4.39 Å². The van der Waals surface area contributed by atoms with E-state index in [1.54, 1.807) is 12.1 Å². The lowest BCUT2D eigenvalue weighted by atomic mass is 9.63. The van der Waals surface area contributed by atoms with Gasteiger partial charge in [-0.1, -0.05) is 18.6 Å². The molecule has 0 aromatic heterocycles. The van der Waals surface area contributed by atoms with Crippen LogP contribution >= 0.6 is 12.4 Å². The highest BCUT2D eigenvalue weighted by Gasteiger charge is 2.48. The summed E-state index contributed by atoms with van der Waals surface area (Å²) in [6, 6.07) is 7.22. The van der Waals surface area contributed by atoms with Crippen molar-refractivity contribution in [2.45, 2.75) is 56.4 Å². The summed E-state index contributed by atoms with van der Waals surface area (Å²) in [5.74, 6) is 0.880. The average molecular weight is 367 g/mol. The van der Waals surface area contributed by atoms with Gasteiger partial charge in [0.1, 0.15) is 5.82 Å². The van der Waals surface area contributed by atoms with Gasteiger partial charge in [-0.05, 0) is 68.7 Å². The van der Waals surface area contributed by atoms with Crippen molar-refractivity contribution >= 4 is 18.3 Å². The fraction of sp³-hybridized carbons (Fsp3) is 0.650. The Kier molecular flexibility index (Phi) is 5.69. The lowest BCUT2D eigenvalue weighted by Crippen LogP contribution is -2.54. The fourth-order valence-electron chi connectivity index (χ4n) is 4.19. The van der Waals surface area contributed by atoms with Crippen molar-refractivity contribution in [1.29, 1.82) is 0 Å². The highest BCUT2D eigenvalue weighted by atomic mass is 35.5. The number of likely N-dealkylation sites (tertiary alicyclic amines) is 1. The second kappa shape index (κ2) is 7.63. The van der Waals surface area contributed by atoms with Crippen LogP contribution in [-0.2, 0) is 10.2 Å². The van der Waals surface area contributed by atoms with Crippen LogP contribution in [0.5, 0.6) is 0 Å². The van der Waals surface area contributed by atoms with Crippen LogP contribution in [0.1, 0.15) is 50.5 Å². The normalized spacial score (nSPS) is 22.8. The Balaban J connectivity index is 0.00000182. The minimum atomic E-state index is -0.462. The third kappa shape index (κ3) is 3.85. The third-order valence-corrected chi connectivity index (χ3v) is 6.17. The molecule has 4 rings (SSSR count). The summed E-state index contributed by atoms with van der Waals surface area (Å²) >= 11 is 0. The molecule has 3 aliphatic rings. The zero-order valence-corrected chi connectivity index (χ0v) is 15.5. The summed E-state index contributed by atoms with van der Waals surface area (Å²) in [6.45, 7) is 2.81. The molecular weight excluding hydrogens is 339 g/mol. The van der Waals surface area contributed by atoms with E-state index in [0.29, 0.717) is 6.04 Å². The maximum atomic E-state index is 13.6. The summed E-state index contributed by atoms with van der Waals surface area (Å²) in [5.41, 5.74) is 0.406. The number of nitrogens with one attached hydrogen (secondary N) is 1. The predicted molar refractivity (Wildman–Crippen MR) is 99.5 cm³/mol. The van der Waals surface area contributed by atoms with Crippen LogP contribution in [0.15, 0.2) is 24.3 Å². The van der Waals surface area contributed by atoms with E-state index in [0.717, 1.165) is 63.2 Å². The van der Waals surface area contributed by atoms with Gasteiger partial charge in [-0.2, -0.15) is 0 Å². The van der Waals surface area contributed by atoms with Crippen LogP contribution < -0.4 is 5.32 Å². The third-order valence-electron chi connectivity index (χ3n) is 6.17. The van der Waals surface area contributed by atoms with E-state index >= 15 is 0 Å². The van der Waals surface area contributed by atoms with Crippen molar-refractivity contribution in [1.82, 2.24) is 10.2 Å². The molecule has 0 radical (unpaired) electrons. The van der Waals surface area contributed by atoms with Crippen LogP contribution in [0.2, 0.25) is 0 Å². The van der Waals surface area contributed by atoms with Gasteiger partial charge in [0.05, 0.1) is 5.41 Å². The molecular formula is C20H28ClFN2O. The summed E-state index contributed by atoms with van der Waals surface area (Å²) in [4.78, 5) is 15.2. The van der Waals surface area contributed by atoms with E-state index in [2.05, 4.69) is 5.32 Å². The lowest BCUT2D eigenvalue weighted by Gasteiger charge is -2.45. The van der Waals surface area contributed by atoms with Gasteiger partial charge in [0.2, 0.25) is 5.91 Å². The SMILES string of the molecule is Cl.O=C(N1CCC(NCC2CC2)CC1)C1(c2cccc(F)c2)CCC1. The number of rotatable bonds is 5. The number of hydrogen-bond acceptors (Lipinski definition) is 2. The van der Waals surface area contributed by atoms with E-state index in [1.807, 2.05) is 11.0 Å². The zero-order valence-electron chi connectivity index (χ0n) is 14.7. The summed E-state index contributed by atoms with van der Waals surface area (Å²) in [7, 11) is 0. The van der Waals surface area contributed by atoms with Crippen molar-refractivity contribution in [2.24, 2.45) is 5.92 Å². The molecule has 1 aromatic rings. The van der Waals surface area contributed by atoms with Gasteiger partial charge < -0.3 is 10.2 Å². The summed E-state index contributed by atoms with van der Waals surface area (Å²) in [5, 5.41) is 3.66. The molecule has 5 heteroatoms. The number of carbonyl (C=O) groups is 1. The summed E-state index contributed by atoms with van der Waals surface area (Å²) in [6.07, 6.45) is 7.60. The van der Waals surface area contributed by atoms with Gasteiger partial charge in [0, 0.05) is 19.1 Å². The molecule has 1 amide bonds. The van der Waals surface area contributed by atoms with Gasteiger partial charge in [0.25, 0.3) is 0 Å². The molecule has 2 saturated carbocycles.